The zero-order valence-corrected chi connectivity index (χ0v) is 16.6. The number of imidazole rings is 1. The van der Waals surface area contributed by atoms with E-state index in [1.165, 1.54) is 12.3 Å². The number of hydrogen-bond donors (Lipinski definition) is 1. The van der Waals surface area contributed by atoms with Gasteiger partial charge in [-0.15, -0.1) is 0 Å². The number of hydrogen-bond acceptors (Lipinski definition) is 6. The topological polar surface area (TPSA) is 82.1 Å². The van der Waals surface area contributed by atoms with E-state index >= 15 is 0 Å². The van der Waals surface area contributed by atoms with E-state index < -0.39 is 0 Å². The standard InChI is InChI=1S/C21H24FN7/c1-21(2,13-23)14-28-9-3-4-16(12-28)26-18-7-8-24-20(27-18)17-10-25-19-6-5-15(22)11-29(17)19/h5-8,10-11,16H,3-4,9,12,14H2,1-2H3,(H,24,26,27). The quantitative estimate of drug-likeness (QED) is 0.716. The highest BCUT2D eigenvalue weighted by Crippen LogP contribution is 2.22. The van der Waals surface area contributed by atoms with Gasteiger partial charge in [0.2, 0.25) is 0 Å². The highest BCUT2D eigenvalue weighted by Gasteiger charge is 2.26. The third kappa shape index (κ3) is 4.35. The summed E-state index contributed by atoms with van der Waals surface area (Å²) >= 11 is 0. The minimum absolute atomic E-state index is 0.251. The number of likely N-dealkylation sites (tertiary alicyclic amines) is 1. The summed E-state index contributed by atoms with van der Waals surface area (Å²) in [6, 6.07) is 7.47. The predicted molar refractivity (Wildman–Crippen MR) is 109 cm³/mol. The highest BCUT2D eigenvalue weighted by atomic mass is 19.1. The van der Waals surface area contributed by atoms with Gasteiger partial charge >= 0.3 is 0 Å². The molecule has 1 unspecified atom stereocenters. The van der Waals surface area contributed by atoms with Crippen molar-refractivity contribution in [2.75, 3.05) is 25.0 Å². The third-order valence-electron chi connectivity index (χ3n) is 5.13. The molecule has 7 nitrogen and oxygen atoms in total. The zero-order valence-electron chi connectivity index (χ0n) is 16.6. The van der Waals surface area contributed by atoms with Crippen LogP contribution in [0.2, 0.25) is 0 Å². The monoisotopic (exact) mass is 393 g/mol. The number of fused-ring (bicyclic) bond motifs is 1. The molecule has 29 heavy (non-hydrogen) atoms. The van der Waals surface area contributed by atoms with Crippen LogP contribution in [-0.4, -0.2) is 49.9 Å². The van der Waals surface area contributed by atoms with Crippen LogP contribution in [0.3, 0.4) is 0 Å². The van der Waals surface area contributed by atoms with Gasteiger partial charge in [-0.1, -0.05) is 0 Å². The summed E-state index contributed by atoms with van der Waals surface area (Å²) in [5.74, 6) is 0.882. The molecular weight excluding hydrogens is 369 g/mol. The molecule has 0 spiro atoms. The molecule has 0 amide bonds. The van der Waals surface area contributed by atoms with E-state index in [1.807, 2.05) is 19.9 Å². The Morgan fingerprint density at radius 2 is 2.17 bits per heavy atom. The van der Waals surface area contributed by atoms with Crippen molar-refractivity contribution in [1.82, 2.24) is 24.3 Å². The molecule has 4 rings (SSSR count). The Hall–Kier alpha value is -3.05. The van der Waals surface area contributed by atoms with Crippen molar-refractivity contribution in [1.29, 1.82) is 5.26 Å². The second kappa shape index (κ2) is 7.76. The summed E-state index contributed by atoms with van der Waals surface area (Å²) in [5, 5.41) is 12.8. The summed E-state index contributed by atoms with van der Waals surface area (Å²) in [6.07, 6.45) is 6.85. The van der Waals surface area contributed by atoms with Gasteiger partial charge in [0, 0.05) is 31.5 Å². The maximum atomic E-state index is 13.7. The molecule has 0 aromatic carbocycles. The number of aromatic nitrogens is 4. The Bertz CT molecular complexity index is 1050. The first-order chi connectivity index (χ1) is 13.9. The molecule has 1 atom stereocenters. The van der Waals surface area contributed by atoms with E-state index in [4.69, 9.17) is 0 Å². The van der Waals surface area contributed by atoms with Crippen molar-refractivity contribution in [3.8, 4) is 17.6 Å². The predicted octanol–water partition coefficient (Wildman–Crippen LogP) is 3.36. The van der Waals surface area contributed by atoms with Crippen LogP contribution in [0.4, 0.5) is 10.2 Å². The molecule has 0 radical (unpaired) electrons. The van der Waals surface area contributed by atoms with Gasteiger partial charge in [0.15, 0.2) is 5.82 Å². The number of nitriles is 1. The van der Waals surface area contributed by atoms with Crippen LogP contribution >= 0.6 is 0 Å². The van der Waals surface area contributed by atoms with Crippen molar-refractivity contribution < 1.29 is 4.39 Å². The molecule has 3 aromatic heterocycles. The minimum atomic E-state index is -0.359. The van der Waals surface area contributed by atoms with Gasteiger partial charge in [-0.05, 0) is 51.4 Å². The lowest BCUT2D eigenvalue weighted by atomic mass is 9.93. The van der Waals surface area contributed by atoms with Crippen LogP contribution in [0.1, 0.15) is 26.7 Å². The molecule has 1 aliphatic heterocycles. The first-order valence-electron chi connectivity index (χ1n) is 9.80. The molecule has 8 heteroatoms. The average Bonchev–Trinajstić information content (AvgIpc) is 3.11. The number of nitrogens with one attached hydrogen (secondary N) is 1. The van der Waals surface area contributed by atoms with Crippen molar-refractivity contribution in [3.63, 3.8) is 0 Å². The van der Waals surface area contributed by atoms with Crippen LogP contribution in [-0.2, 0) is 0 Å². The second-order valence-corrected chi connectivity index (χ2v) is 8.20. The van der Waals surface area contributed by atoms with Crippen molar-refractivity contribution in [2.24, 2.45) is 5.41 Å². The Morgan fingerprint density at radius 1 is 1.31 bits per heavy atom. The van der Waals surface area contributed by atoms with Crippen molar-refractivity contribution >= 4 is 11.5 Å². The first-order valence-corrected chi connectivity index (χ1v) is 9.80. The lowest BCUT2D eigenvalue weighted by Crippen LogP contribution is -2.45. The van der Waals surface area contributed by atoms with Gasteiger partial charge in [-0.25, -0.2) is 19.3 Å². The summed E-state index contributed by atoms with van der Waals surface area (Å²) in [6.45, 7) is 6.57. The van der Waals surface area contributed by atoms with Gasteiger partial charge < -0.3 is 5.32 Å². The smallest absolute Gasteiger partial charge is 0.180 e. The molecule has 3 aromatic rings. The maximum Gasteiger partial charge on any atom is 0.180 e. The van der Waals surface area contributed by atoms with Gasteiger partial charge in [-0.2, -0.15) is 5.26 Å². The fraction of sp³-hybridized carbons (Fsp3) is 0.429. The van der Waals surface area contributed by atoms with E-state index in [-0.39, 0.29) is 17.3 Å². The summed E-state index contributed by atoms with van der Waals surface area (Å²) in [5.41, 5.74) is 0.929. The van der Waals surface area contributed by atoms with Gasteiger partial charge in [0.25, 0.3) is 0 Å². The number of nitrogens with zero attached hydrogens (tertiary/aromatic N) is 6. The number of halogens is 1. The van der Waals surface area contributed by atoms with Gasteiger partial charge in [0.05, 0.1) is 17.7 Å². The Kier molecular flexibility index (Phi) is 5.16. The minimum Gasteiger partial charge on any atom is -0.366 e. The molecule has 4 heterocycles. The van der Waals surface area contributed by atoms with Crippen LogP contribution in [0.15, 0.2) is 36.8 Å². The number of pyridine rings is 1. The Labute approximate surface area is 169 Å². The molecule has 0 saturated carbocycles. The molecule has 0 aliphatic carbocycles. The van der Waals surface area contributed by atoms with E-state index in [1.54, 1.807) is 22.9 Å². The summed E-state index contributed by atoms with van der Waals surface area (Å²) < 4.78 is 15.3. The molecule has 1 saturated heterocycles. The van der Waals surface area contributed by atoms with Crippen molar-refractivity contribution in [3.05, 3.63) is 42.6 Å². The number of rotatable bonds is 5. The summed E-state index contributed by atoms with van der Waals surface area (Å²) in [7, 11) is 0. The van der Waals surface area contributed by atoms with E-state index in [9.17, 15) is 9.65 Å². The van der Waals surface area contributed by atoms with Crippen LogP contribution in [0.5, 0.6) is 0 Å². The lowest BCUT2D eigenvalue weighted by Gasteiger charge is -2.36. The summed E-state index contributed by atoms with van der Waals surface area (Å²) in [4.78, 5) is 15.6. The van der Waals surface area contributed by atoms with E-state index in [0.29, 0.717) is 17.2 Å². The van der Waals surface area contributed by atoms with Crippen molar-refractivity contribution in [2.45, 2.75) is 32.7 Å². The molecule has 1 N–H and O–H groups in total. The molecule has 0 bridgehead atoms. The SMILES string of the molecule is CC(C)(C#N)CN1CCCC(Nc2ccnc(-c3cnc4ccc(F)cn34)n2)C1. The Balaban J connectivity index is 1.50. The number of piperidine rings is 1. The second-order valence-electron chi connectivity index (χ2n) is 8.20. The van der Waals surface area contributed by atoms with Crippen LogP contribution in [0, 0.1) is 22.6 Å². The average molecular weight is 393 g/mol. The molecule has 1 aliphatic rings. The number of anilines is 1. The molecule has 1 fully saturated rings. The first kappa shape index (κ1) is 19.3. The molecule has 150 valence electrons. The zero-order chi connectivity index (χ0) is 20.4. The van der Waals surface area contributed by atoms with E-state index in [0.717, 1.165) is 38.3 Å². The van der Waals surface area contributed by atoms with Crippen LogP contribution < -0.4 is 5.32 Å². The normalized spacial score (nSPS) is 17.9. The Morgan fingerprint density at radius 3 is 3.00 bits per heavy atom. The largest absolute Gasteiger partial charge is 0.366 e. The molecular formula is C21H24FN7. The van der Waals surface area contributed by atoms with E-state index in [2.05, 4.69) is 31.2 Å². The van der Waals surface area contributed by atoms with Crippen LogP contribution in [0.25, 0.3) is 17.2 Å². The highest BCUT2D eigenvalue weighted by molar-refractivity contribution is 5.58. The maximum absolute atomic E-state index is 13.7. The third-order valence-corrected chi connectivity index (χ3v) is 5.13. The lowest BCUT2D eigenvalue weighted by molar-refractivity contribution is 0.173. The van der Waals surface area contributed by atoms with Gasteiger partial charge in [0.1, 0.15) is 23.0 Å². The van der Waals surface area contributed by atoms with Gasteiger partial charge in [-0.3, -0.25) is 9.30 Å². The fourth-order valence-electron chi connectivity index (χ4n) is 3.80. The fourth-order valence-corrected chi connectivity index (χ4v) is 3.80.